The summed E-state index contributed by atoms with van der Waals surface area (Å²) in [6, 6.07) is 2.09. The van der Waals surface area contributed by atoms with Crippen LogP contribution in [0.4, 0.5) is 0 Å². The van der Waals surface area contributed by atoms with Crippen molar-refractivity contribution in [2.75, 3.05) is 26.3 Å². The SMILES string of the molecule is OCC#Cc1csc(CN2CCCC(CO)C2)c1. The lowest BCUT2D eigenvalue weighted by Crippen LogP contribution is -2.36. The van der Waals surface area contributed by atoms with Gasteiger partial charge < -0.3 is 10.2 Å². The molecule has 0 radical (unpaired) electrons. The molecule has 2 heterocycles. The van der Waals surface area contributed by atoms with E-state index in [1.165, 1.54) is 11.3 Å². The number of hydrogen-bond acceptors (Lipinski definition) is 4. The van der Waals surface area contributed by atoms with Crippen LogP contribution in [0.1, 0.15) is 23.3 Å². The zero-order chi connectivity index (χ0) is 12.8. The molecule has 3 nitrogen and oxygen atoms in total. The minimum absolute atomic E-state index is 0.0878. The minimum atomic E-state index is -0.0878. The molecule has 0 spiro atoms. The van der Waals surface area contributed by atoms with E-state index in [2.05, 4.69) is 22.8 Å². The number of nitrogens with zero attached hydrogens (tertiary/aromatic N) is 1. The van der Waals surface area contributed by atoms with Gasteiger partial charge in [-0.3, -0.25) is 4.90 Å². The van der Waals surface area contributed by atoms with Crippen LogP contribution in [0.2, 0.25) is 0 Å². The molecular weight excluding hydrogens is 246 g/mol. The molecule has 0 aliphatic carbocycles. The number of hydrogen-bond donors (Lipinski definition) is 2. The summed E-state index contributed by atoms with van der Waals surface area (Å²) in [7, 11) is 0. The summed E-state index contributed by atoms with van der Waals surface area (Å²) in [6.07, 6.45) is 2.32. The van der Waals surface area contributed by atoms with Crippen molar-refractivity contribution < 1.29 is 10.2 Å². The molecule has 1 aliphatic heterocycles. The fourth-order valence-electron chi connectivity index (χ4n) is 2.34. The van der Waals surface area contributed by atoms with Gasteiger partial charge in [0.25, 0.3) is 0 Å². The highest BCUT2D eigenvalue weighted by molar-refractivity contribution is 7.10. The fourth-order valence-corrected chi connectivity index (χ4v) is 3.19. The zero-order valence-corrected chi connectivity index (χ0v) is 11.2. The highest BCUT2D eigenvalue weighted by atomic mass is 32.1. The Balaban J connectivity index is 1.90. The second-order valence-corrected chi connectivity index (χ2v) is 5.68. The van der Waals surface area contributed by atoms with Gasteiger partial charge in [-0.1, -0.05) is 11.8 Å². The van der Waals surface area contributed by atoms with Crippen LogP contribution in [0, 0.1) is 17.8 Å². The molecule has 1 aliphatic rings. The average molecular weight is 265 g/mol. The topological polar surface area (TPSA) is 43.7 Å². The van der Waals surface area contributed by atoms with Crippen molar-refractivity contribution in [2.24, 2.45) is 5.92 Å². The van der Waals surface area contributed by atoms with Crippen molar-refractivity contribution in [1.82, 2.24) is 4.90 Å². The molecule has 98 valence electrons. The maximum Gasteiger partial charge on any atom is 0.104 e. The van der Waals surface area contributed by atoms with Gasteiger partial charge in [-0.2, -0.15) is 0 Å². The van der Waals surface area contributed by atoms with Crippen LogP contribution in [0.25, 0.3) is 0 Å². The van der Waals surface area contributed by atoms with Crippen LogP contribution in [0.3, 0.4) is 0 Å². The predicted molar refractivity (Wildman–Crippen MR) is 73.4 cm³/mol. The van der Waals surface area contributed by atoms with Crippen LogP contribution in [0.15, 0.2) is 11.4 Å². The molecular formula is C14H19NO2S. The van der Waals surface area contributed by atoms with E-state index in [1.807, 2.05) is 5.38 Å². The van der Waals surface area contributed by atoms with Crippen LogP contribution >= 0.6 is 11.3 Å². The van der Waals surface area contributed by atoms with Gasteiger partial charge in [0.2, 0.25) is 0 Å². The first-order valence-corrected chi connectivity index (χ1v) is 7.20. The van der Waals surface area contributed by atoms with Gasteiger partial charge >= 0.3 is 0 Å². The lowest BCUT2D eigenvalue weighted by Gasteiger charge is -2.31. The van der Waals surface area contributed by atoms with Gasteiger partial charge in [0.15, 0.2) is 0 Å². The van der Waals surface area contributed by atoms with E-state index in [0.29, 0.717) is 12.5 Å². The van der Waals surface area contributed by atoms with Gasteiger partial charge in [0, 0.05) is 35.5 Å². The third-order valence-corrected chi connectivity index (χ3v) is 4.13. The lowest BCUT2D eigenvalue weighted by atomic mass is 9.99. The van der Waals surface area contributed by atoms with Crippen molar-refractivity contribution in [2.45, 2.75) is 19.4 Å². The van der Waals surface area contributed by atoms with Crippen LogP contribution in [-0.2, 0) is 6.54 Å². The molecule has 1 atom stereocenters. The molecule has 0 saturated carbocycles. The van der Waals surface area contributed by atoms with E-state index >= 15 is 0 Å². The minimum Gasteiger partial charge on any atom is -0.396 e. The maximum atomic E-state index is 9.21. The third kappa shape index (κ3) is 3.82. The molecule has 1 aromatic heterocycles. The number of likely N-dealkylation sites (tertiary alicyclic amines) is 1. The van der Waals surface area contributed by atoms with E-state index in [4.69, 9.17) is 5.11 Å². The van der Waals surface area contributed by atoms with Gasteiger partial charge in [0.1, 0.15) is 6.61 Å². The summed E-state index contributed by atoms with van der Waals surface area (Å²) < 4.78 is 0. The number of rotatable bonds is 3. The fraction of sp³-hybridized carbons (Fsp3) is 0.571. The van der Waals surface area contributed by atoms with Gasteiger partial charge in [-0.25, -0.2) is 0 Å². The summed E-state index contributed by atoms with van der Waals surface area (Å²) in [6.45, 7) is 3.27. The quantitative estimate of drug-likeness (QED) is 0.810. The summed E-state index contributed by atoms with van der Waals surface area (Å²) in [5, 5.41) is 19.9. The van der Waals surface area contributed by atoms with Gasteiger partial charge in [0.05, 0.1) is 0 Å². The maximum absolute atomic E-state index is 9.21. The Bertz CT molecular complexity index is 432. The highest BCUT2D eigenvalue weighted by Gasteiger charge is 2.19. The van der Waals surface area contributed by atoms with Crippen molar-refractivity contribution in [3.63, 3.8) is 0 Å². The van der Waals surface area contributed by atoms with E-state index in [9.17, 15) is 5.11 Å². The second kappa shape index (κ2) is 6.91. The van der Waals surface area contributed by atoms with Crippen molar-refractivity contribution >= 4 is 11.3 Å². The van der Waals surface area contributed by atoms with E-state index in [1.54, 1.807) is 11.3 Å². The van der Waals surface area contributed by atoms with Gasteiger partial charge in [-0.15, -0.1) is 11.3 Å². The second-order valence-electron chi connectivity index (χ2n) is 4.69. The van der Waals surface area contributed by atoms with Crippen molar-refractivity contribution in [1.29, 1.82) is 0 Å². The van der Waals surface area contributed by atoms with Crippen molar-refractivity contribution in [3.8, 4) is 11.8 Å². The van der Waals surface area contributed by atoms with E-state index < -0.39 is 0 Å². The van der Waals surface area contributed by atoms with Crippen LogP contribution < -0.4 is 0 Å². The monoisotopic (exact) mass is 265 g/mol. The first-order valence-electron chi connectivity index (χ1n) is 6.32. The van der Waals surface area contributed by atoms with Crippen LogP contribution in [-0.4, -0.2) is 41.4 Å². The normalized spacial score (nSPS) is 20.4. The summed E-state index contributed by atoms with van der Waals surface area (Å²) in [5.74, 6) is 6.02. The summed E-state index contributed by atoms with van der Waals surface area (Å²) in [5.41, 5.74) is 0.986. The summed E-state index contributed by atoms with van der Waals surface area (Å²) >= 11 is 1.71. The molecule has 0 amide bonds. The average Bonchev–Trinajstić information content (AvgIpc) is 2.84. The number of thiophene rings is 1. The Kier molecular flexibility index (Phi) is 5.21. The molecule has 2 N–H and O–H groups in total. The highest BCUT2D eigenvalue weighted by Crippen LogP contribution is 2.21. The Hall–Kier alpha value is -0.860. The zero-order valence-electron chi connectivity index (χ0n) is 10.4. The molecule has 4 heteroatoms. The Morgan fingerprint density at radius 2 is 2.33 bits per heavy atom. The molecule has 18 heavy (non-hydrogen) atoms. The predicted octanol–water partition coefficient (Wildman–Crippen LogP) is 1.30. The molecule has 0 aromatic carbocycles. The Morgan fingerprint density at radius 1 is 1.44 bits per heavy atom. The molecule has 0 bridgehead atoms. The standard InChI is InChI=1S/C14H19NO2S/c16-6-2-4-12-7-14(18-11-12)9-15-5-1-3-13(8-15)10-17/h7,11,13,16-17H,1,3,5-6,8-10H2. The number of aliphatic hydroxyl groups is 2. The molecule has 1 unspecified atom stereocenters. The third-order valence-electron chi connectivity index (χ3n) is 3.21. The van der Waals surface area contributed by atoms with Gasteiger partial charge in [-0.05, 0) is 31.4 Å². The molecule has 2 rings (SSSR count). The Labute approximate surface area is 112 Å². The Morgan fingerprint density at radius 3 is 3.11 bits per heavy atom. The molecule has 1 fully saturated rings. The van der Waals surface area contributed by atoms with E-state index in [-0.39, 0.29) is 6.61 Å². The lowest BCUT2D eigenvalue weighted by molar-refractivity contribution is 0.116. The first-order chi connectivity index (χ1) is 8.81. The van der Waals surface area contributed by atoms with E-state index in [0.717, 1.165) is 31.6 Å². The molecule has 1 saturated heterocycles. The smallest absolute Gasteiger partial charge is 0.104 e. The van der Waals surface area contributed by atoms with Crippen LogP contribution in [0.5, 0.6) is 0 Å². The molecule has 1 aromatic rings. The first kappa shape index (κ1) is 13.6. The number of aliphatic hydroxyl groups excluding tert-OH is 2. The van der Waals surface area contributed by atoms with Crippen molar-refractivity contribution in [3.05, 3.63) is 21.9 Å². The summed E-state index contributed by atoms with van der Waals surface area (Å²) in [4.78, 5) is 3.70. The number of piperidine rings is 1. The largest absolute Gasteiger partial charge is 0.396 e.